The van der Waals surface area contributed by atoms with Crippen LogP contribution in [0.15, 0.2) is 11.4 Å². The van der Waals surface area contributed by atoms with Crippen molar-refractivity contribution in [2.45, 2.75) is 18.5 Å². The lowest BCUT2D eigenvalue weighted by Gasteiger charge is -2.35. The minimum absolute atomic E-state index is 0.141. The van der Waals surface area contributed by atoms with Crippen LogP contribution in [0.3, 0.4) is 0 Å². The van der Waals surface area contributed by atoms with Gasteiger partial charge in [-0.15, -0.1) is 11.3 Å². The largest absolute Gasteiger partial charge is 0.480 e. The van der Waals surface area contributed by atoms with E-state index in [4.69, 9.17) is 5.11 Å². The van der Waals surface area contributed by atoms with Crippen molar-refractivity contribution < 1.29 is 19.5 Å². The molecule has 0 bridgehead atoms. The van der Waals surface area contributed by atoms with Gasteiger partial charge in [-0.25, -0.2) is 4.79 Å². The van der Waals surface area contributed by atoms with Gasteiger partial charge in [-0.2, -0.15) is 0 Å². The van der Waals surface area contributed by atoms with Gasteiger partial charge in [-0.1, -0.05) is 0 Å². The predicted octanol–water partition coefficient (Wildman–Crippen LogP) is -0.0601. The SMILES string of the molecule is O=C(O)CNC(=O)[C@@H]1Cc2sccc2[C@H]2CNC(=O)N21. The topological polar surface area (TPSA) is 98.7 Å². The molecule has 2 aliphatic rings. The predicted molar refractivity (Wildman–Crippen MR) is 70.4 cm³/mol. The smallest absolute Gasteiger partial charge is 0.322 e. The number of carbonyl (C=O) groups excluding carboxylic acids is 2. The van der Waals surface area contributed by atoms with Gasteiger partial charge in [0.15, 0.2) is 0 Å². The summed E-state index contributed by atoms with van der Waals surface area (Å²) in [6, 6.07) is 0.914. The summed E-state index contributed by atoms with van der Waals surface area (Å²) in [7, 11) is 0. The number of thiophene rings is 1. The first-order valence-electron chi connectivity index (χ1n) is 6.20. The summed E-state index contributed by atoms with van der Waals surface area (Å²) in [5, 5.41) is 15.7. The highest BCUT2D eigenvalue weighted by atomic mass is 32.1. The first kappa shape index (κ1) is 12.9. The summed E-state index contributed by atoms with van der Waals surface area (Å²) in [5.41, 5.74) is 1.08. The van der Waals surface area contributed by atoms with Gasteiger partial charge in [0.1, 0.15) is 12.6 Å². The Bertz CT molecular complexity index is 585. The maximum atomic E-state index is 12.1. The van der Waals surface area contributed by atoms with Crippen molar-refractivity contribution in [2.75, 3.05) is 13.1 Å². The van der Waals surface area contributed by atoms with E-state index in [-0.39, 0.29) is 12.1 Å². The van der Waals surface area contributed by atoms with Crippen molar-refractivity contribution in [1.82, 2.24) is 15.5 Å². The van der Waals surface area contributed by atoms with Crippen LogP contribution in [-0.4, -0.2) is 47.0 Å². The Morgan fingerprint density at radius 2 is 2.35 bits per heavy atom. The Kier molecular flexibility index (Phi) is 3.09. The van der Waals surface area contributed by atoms with Gasteiger partial charge in [0.25, 0.3) is 0 Å². The molecule has 3 rings (SSSR count). The number of urea groups is 1. The number of carboxylic acids is 1. The van der Waals surface area contributed by atoms with Crippen LogP contribution in [0.1, 0.15) is 16.5 Å². The van der Waals surface area contributed by atoms with Crippen LogP contribution in [0.4, 0.5) is 4.79 Å². The number of hydrogen-bond donors (Lipinski definition) is 3. The van der Waals surface area contributed by atoms with E-state index in [0.29, 0.717) is 13.0 Å². The van der Waals surface area contributed by atoms with Gasteiger partial charge < -0.3 is 20.6 Å². The Morgan fingerprint density at radius 1 is 1.55 bits per heavy atom. The number of nitrogens with zero attached hydrogens (tertiary/aromatic N) is 1. The van der Waals surface area contributed by atoms with Gasteiger partial charge in [0.2, 0.25) is 5.91 Å². The number of amides is 3. The van der Waals surface area contributed by atoms with Gasteiger partial charge in [0, 0.05) is 17.8 Å². The molecular weight excluding hydrogens is 282 g/mol. The summed E-state index contributed by atoms with van der Waals surface area (Å²) in [4.78, 5) is 37.2. The van der Waals surface area contributed by atoms with E-state index in [1.165, 1.54) is 4.90 Å². The van der Waals surface area contributed by atoms with E-state index in [9.17, 15) is 14.4 Å². The van der Waals surface area contributed by atoms with Crippen molar-refractivity contribution in [1.29, 1.82) is 0 Å². The summed E-state index contributed by atoms with van der Waals surface area (Å²) in [6.07, 6.45) is 0.433. The van der Waals surface area contributed by atoms with Crippen LogP contribution in [0.5, 0.6) is 0 Å². The fraction of sp³-hybridized carbons (Fsp3) is 0.417. The third-order valence-corrected chi connectivity index (χ3v) is 4.55. The molecule has 1 aromatic rings. The van der Waals surface area contributed by atoms with Crippen LogP contribution >= 0.6 is 11.3 Å². The zero-order valence-corrected chi connectivity index (χ0v) is 11.3. The third-order valence-electron chi connectivity index (χ3n) is 3.59. The molecule has 0 aliphatic carbocycles. The standard InChI is InChI=1S/C12H13N3O4S/c16-10(17)5-13-11(18)7-3-9-6(1-2-20-9)8-4-14-12(19)15(7)8/h1-2,7-8H,3-5H2,(H,13,18)(H,14,19)(H,16,17)/t7-,8+/m0/s1. The Morgan fingerprint density at radius 3 is 3.10 bits per heavy atom. The molecule has 0 spiro atoms. The first-order valence-corrected chi connectivity index (χ1v) is 7.08. The fourth-order valence-electron chi connectivity index (χ4n) is 2.72. The number of carbonyl (C=O) groups is 3. The third kappa shape index (κ3) is 2.01. The second-order valence-corrected chi connectivity index (χ2v) is 5.74. The molecule has 0 radical (unpaired) electrons. The van der Waals surface area contributed by atoms with Crippen LogP contribution in [0.25, 0.3) is 0 Å². The number of hydrogen-bond acceptors (Lipinski definition) is 4. The van der Waals surface area contributed by atoms with Crippen molar-refractivity contribution in [3.63, 3.8) is 0 Å². The van der Waals surface area contributed by atoms with E-state index < -0.39 is 24.5 Å². The Hall–Kier alpha value is -2.09. The maximum Gasteiger partial charge on any atom is 0.322 e. The van der Waals surface area contributed by atoms with Crippen LogP contribution in [0.2, 0.25) is 0 Å². The maximum absolute atomic E-state index is 12.1. The van der Waals surface area contributed by atoms with Crippen LogP contribution in [-0.2, 0) is 16.0 Å². The second kappa shape index (κ2) is 4.78. The van der Waals surface area contributed by atoms with E-state index >= 15 is 0 Å². The molecule has 0 saturated carbocycles. The summed E-state index contributed by atoms with van der Waals surface area (Å²) in [6.45, 7) is 0.0397. The molecule has 0 unspecified atom stereocenters. The molecule has 7 nitrogen and oxygen atoms in total. The molecule has 3 amide bonds. The number of carboxylic acid groups (broad SMARTS) is 1. The normalized spacial score (nSPS) is 23.8. The average Bonchev–Trinajstić information content (AvgIpc) is 3.01. The van der Waals surface area contributed by atoms with E-state index in [0.717, 1.165) is 10.4 Å². The Labute approximate surface area is 118 Å². The fourth-order valence-corrected chi connectivity index (χ4v) is 3.69. The van der Waals surface area contributed by atoms with Crippen molar-refractivity contribution in [2.24, 2.45) is 0 Å². The Balaban J connectivity index is 1.86. The average molecular weight is 295 g/mol. The second-order valence-electron chi connectivity index (χ2n) is 4.74. The van der Waals surface area contributed by atoms with Gasteiger partial charge in [-0.3, -0.25) is 9.59 Å². The van der Waals surface area contributed by atoms with Gasteiger partial charge in [0.05, 0.1) is 6.04 Å². The lowest BCUT2D eigenvalue weighted by Crippen LogP contribution is -2.52. The number of fused-ring (bicyclic) bond motifs is 3. The van der Waals surface area contributed by atoms with Crippen molar-refractivity contribution in [3.05, 3.63) is 21.9 Å². The summed E-state index contributed by atoms with van der Waals surface area (Å²) in [5.74, 6) is -1.53. The highest BCUT2D eigenvalue weighted by molar-refractivity contribution is 7.10. The van der Waals surface area contributed by atoms with Crippen LogP contribution < -0.4 is 10.6 Å². The van der Waals surface area contributed by atoms with Gasteiger partial charge >= 0.3 is 12.0 Å². The lowest BCUT2D eigenvalue weighted by atomic mass is 9.95. The first-order chi connectivity index (χ1) is 9.58. The quantitative estimate of drug-likeness (QED) is 0.727. The summed E-state index contributed by atoms with van der Waals surface area (Å²) < 4.78 is 0. The molecule has 20 heavy (non-hydrogen) atoms. The molecule has 2 atom stereocenters. The lowest BCUT2D eigenvalue weighted by molar-refractivity contribution is -0.138. The molecule has 1 aromatic heterocycles. The minimum Gasteiger partial charge on any atom is -0.480 e. The van der Waals surface area contributed by atoms with E-state index in [2.05, 4.69) is 10.6 Å². The number of nitrogens with one attached hydrogen (secondary N) is 2. The molecule has 106 valence electrons. The number of aliphatic carboxylic acids is 1. The molecule has 1 saturated heterocycles. The van der Waals surface area contributed by atoms with Crippen molar-refractivity contribution >= 4 is 29.2 Å². The van der Waals surface area contributed by atoms with E-state index in [1.807, 2.05) is 11.4 Å². The highest BCUT2D eigenvalue weighted by Gasteiger charge is 2.45. The highest BCUT2D eigenvalue weighted by Crippen LogP contribution is 2.38. The van der Waals surface area contributed by atoms with Crippen molar-refractivity contribution in [3.8, 4) is 0 Å². The monoisotopic (exact) mass is 295 g/mol. The molecule has 8 heteroatoms. The minimum atomic E-state index is -1.10. The zero-order chi connectivity index (χ0) is 14.3. The zero-order valence-electron chi connectivity index (χ0n) is 10.5. The van der Waals surface area contributed by atoms with E-state index in [1.54, 1.807) is 11.3 Å². The number of rotatable bonds is 3. The van der Waals surface area contributed by atoms with Crippen LogP contribution in [0, 0.1) is 0 Å². The molecule has 2 aliphatic heterocycles. The molecular formula is C12H13N3O4S. The molecule has 0 aromatic carbocycles. The van der Waals surface area contributed by atoms with Gasteiger partial charge in [-0.05, 0) is 17.0 Å². The molecule has 1 fully saturated rings. The molecule has 3 N–H and O–H groups in total. The molecule has 3 heterocycles. The summed E-state index contributed by atoms with van der Waals surface area (Å²) >= 11 is 1.56.